The average molecular weight is 422 g/mol. The lowest BCUT2D eigenvalue weighted by atomic mass is 9.79. The van der Waals surface area contributed by atoms with Gasteiger partial charge in [-0.1, -0.05) is 30.3 Å². The van der Waals surface area contributed by atoms with Gasteiger partial charge in [0.1, 0.15) is 0 Å². The lowest BCUT2D eigenvalue weighted by Crippen LogP contribution is -2.47. The Hall–Kier alpha value is -1.47. The van der Waals surface area contributed by atoms with Crippen molar-refractivity contribution in [3.63, 3.8) is 0 Å². The Kier molecular flexibility index (Phi) is 7.10. The van der Waals surface area contributed by atoms with E-state index < -0.39 is 5.41 Å². The van der Waals surface area contributed by atoms with Gasteiger partial charge in [-0.15, -0.1) is 23.7 Å². The fraction of sp³-hybridized carbons (Fsp3) is 0.524. The number of anilines is 1. The Morgan fingerprint density at radius 1 is 1.32 bits per heavy atom. The van der Waals surface area contributed by atoms with Crippen molar-refractivity contribution in [2.75, 3.05) is 32.1 Å². The Bertz CT molecular complexity index is 785. The minimum atomic E-state index is -0.446. The summed E-state index contributed by atoms with van der Waals surface area (Å²) in [4.78, 5) is 19.1. The minimum Gasteiger partial charge on any atom is -0.384 e. The van der Waals surface area contributed by atoms with E-state index in [-0.39, 0.29) is 18.3 Å². The molecule has 2 N–H and O–H groups in total. The highest BCUT2D eigenvalue weighted by Gasteiger charge is 2.40. The number of halogens is 1. The molecule has 2 aromatic rings. The molecule has 0 radical (unpaired) electrons. The first-order valence-corrected chi connectivity index (χ1v) is 10.6. The molecule has 5 nitrogen and oxygen atoms in total. The van der Waals surface area contributed by atoms with Gasteiger partial charge in [0.2, 0.25) is 5.91 Å². The van der Waals surface area contributed by atoms with Gasteiger partial charge in [-0.05, 0) is 56.7 Å². The van der Waals surface area contributed by atoms with Gasteiger partial charge in [0.15, 0.2) is 5.13 Å². The minimum absolute atomic E-state index is 0. The molecule has 0 bridgehead atoms. The van der Waals surface area contributed by atoms with Crippen LogP contribution in [0.3, 0.4) is 0 Å². The van der Waals surface area contributed by atoms with Crippen LogP contribution in [0, 0.1) is 5.41 Å². The number of aromatic nitrogens is 1. The molecular weight excluding hydrogens is 394 g/mol. The normalized spacial score (nSPS) is 20.7. The number of nitrogens with zero attached hydrogens (tertiary/aromatic N) is 1. The number of carbonyl (C=O) groups is 1. The monoisotopic (exact) mass is 421 g/mol. The zero-order valence-corrected chi connectivity index (χ0v) is 17.8. The first-order chi connectivity index (χ1) is 13.2. The first kappa shape index (κ1) is 21.2. The van der Waals surface area contributed by atoms with Crippen molar-refractivity contribution < 1.29 is 9.53 Å². The number of hydrogen-bond acceptors (Lipinski definition) is 5. The standard InChI is InChI=1S/C21H27N3O2S.ClH/c1-26-14-21(9-11-22-12-10-21)19(25)24-20-23-17-8-7-16(13-18(17)27-20)15-5-3-2-4-6-15;/h2-6,16,22H,7-14H2,1H3,(H,23,24,25);1H. The van der Waals surface area contributed by atoms with E-state index in [1.165, 1.54) is 10.4 Å². The van der Waals surface area contributed by atoms with Crippen LogP contribution in [0.15, 0.2) is 30.3 Å². The van der Waals surface area contributed by atoms with Crippen LogP contribution < -0.4 is 10.6 Å². The number of thiazole rings is 1. The number of hydrogen-bond donors (Lipinski definition) is 2. The van der Waals surface area contributed by atoms with Crippen LogP contribution in [0.2, 0.25) is 0 Å². The van der Waals surface area contributed by atoms with Crippen LogP contribution in [0.1, 0.15) is 41.3 Å². The number of piperidine rings is 1. The van der Waals surface area contributed by atoms with Crippen molar-refractivity contribution in [1.82, 2.24) is 10.3 Å². The van der Waals surface area contributed by atoms with Crippen molar-refractivity contribution in [2.24, 2.45) is 5.41 Å². The summed E-state index contributed by atoms with van der Waals surface area (Å²) >= 11 is 1.64. The molecule has 2 heterocycles. The van der Waals surface area contributed by atoms with Gasteiger partial charge in [-0.25, -0.2) is 4.98 Å². The second kappa shape index (κ2) is 9.35. The Morgan fingerprint density at radius 2 is 2.07 bits per heavy atom. The number of methoxy groups -OCH3 is 1. The molecule has 1 amide bonds. The van der Waals surface area contributed by atoms with Crippen molar-refractivity contribution in [3.8, 4) is 0 Å². The summed E-state index contributed by atoms with van der Waals surface area (Å²) < 4.78 is 5.38. The molecule has 4 rings (SSSR count). The number of nitrogens with one attached hydrogen (secondary N) is 2. The lowest BCUT2D eigenvalue weighted by Gasteiger charge is -2.35. The topological polar surface area (TPSA) is 63.2 Å². The highest BCUT2D eigenvalue weighted by Crippen LogP contribution is 2.38. The number of carbonyl (C=O) groups excluding carboxylic acids is 1. The van der Waals surface area contributed by atoms with Gasteiger partial charge in [0, 0.05) is 12.0 Å². The Balaban J connectivity index is 0.00000225. The SMILES string of the molecule is COCC1(C(=O)Nc2nc3c(s2)CC(c2ccccc2)CC3)CCNCC1.Cl. The molecule has 0 saturated carbocycles. The molecule has 0 spiro atoms. The van der Waals surface area contributed by atoms with Crippen molar-refractivity contribution in [3.05, 3.63) is 46.5 Å². The molecule has 2 aliphatic rings. The van der Waals surface area contributed by atoms with Gasteiger partial charge in [0.05, 0.1) is 17.7 Å². The van der Waals surface area contributed by atoms with E-state index >= 15 is 0 Å². The molecule has 1 saturated heterocycles. The quantitative estimate of drug-likeness (QED) is 0.770. The number of ether oxygens (including phenoxy) is 1. The van der Waals surface area contributed by atoms with Crippen LogP contribution in [-0.4, -0.2) is 37.7 Å². The molecular formula is C21H28ClN3O2S. The number of fused-ring (bicyclic) bond motifs is 1. The van der Waals surface area contributed by atoms with Crippen molar-refractivity contribution in [1.29, 1.82) is 0 Å². The maximum absolute atomic E-state index is 13.0. The summed E-state index contributed by atoms with van der Waals surface area (Å²) in [5, 5.41) is 7.18. The number of benzene rings is 1. The second-order valence-corrected chi connectivity index (χ2v) is 8.74. The van der Waals surface area contributed by atoms with Crippen molar-refractivity contribution >= 4 is 34.8 Å². The third-order valence-corrected chi connectivity index (χ3v) is 6.93. The van der Waals surface area contributed by atoms with E-state index in [2.05, 4.69) is 41.0 Å². The van der Waals surface area contributed by atoms with E-state index in [1.54, 1.807) is 18.4 Å². The summed E-state index contributed by atoms with van der Waals surface area (Å²) in [6.45, 7) is 2.16. The van der Waals surface area contributed by atoms with Gasteiger partial charge in [-0.2, -0.15) is 0 Å². The van der Waals surface area contributed by atoms with Crippen LogP contribution in [-0.2, 0) is 22.4 Å². The van der Waals surface area contributed by atoms with Crippen molar-refractivity contribution in [2.45, 2.75) is 38.0 Å². The smallest absolute Gasteiger partial charge is 0.234 e. The van der Waals surface area contributed by atoms with Gasteiger partial charge in [-0.3, -0.25) is 4.79 Å². The number of aryl methyl sites for hydroxylation is 1. The van der Waals surface area contributed by atoms with Crippen LogP contribution in [0.4, 0.5) is 5.13 Å². The molecule has 1 aromatic heterocycles. The van der Waals surface area contributed by atoms with E-state index in [9.17, 15) is 4.79 Å². The largest absolute Gasteiger partial charge is 0.384 e. The molecule has 7 heteroatoms. The third-order valence-electron chi connectivity index (χ3n) is 5.89. The lowest BCUT2D eigenvalue weighted by molar-refractivity contribution is -0.130. The maximum atomic E-state index is 13.0. The van der Waals surface area contributed by atoms with E-state index in [0.29, 0.717) is 12.5 Å². The summed E-state index contributed by atoms with van der Waals surface area (Å²) in [7, 11) is 1.67. The van der Waals surface area contributed by atoms with Gasteiger partial charge >= 0.3 is 0 Å². The fourth-order valence-corrected chi connectivity index (χ4v) is 5.37. The van der Waals surface area contributed by atoms with Gasteiger partial charge < -0.3 is 15.4 Å². The average Bonchev–Trinajstić information content (AvgIpc) is 3.11. The Labute approximate surface area is 176 Å². The Morgan fingerprint density at radius 3 is 2.79 bits per heavy atom. The first-order valence-electron chi connectivity index (χ1n) is 9.75. The van der Waals surface area contributed by atoms with Gasteiger partial charge in [0.25, 0.3) is 0 Å². The number of amides is 1. The summed E-state index contributed by atoms with van der Waals surface area (Å²) in [6, 6.07) is 10.7. The molecule has 1 aliphatic carbocycles. The zero-order valence-electron chi connectivity index (χ0n) is 16.2. The molecule has 28 heavy (non-hydrogen) atoms. The maximum Gasteiger partial charge on any atom is 0.234 e. The molecule has 1 aromatic carbocycles. The predicted molar refractivity (Wildman–Crippen MR) is 116 cm³/mol. The summed E-state index contributed by atoms with van der Waals surface area (Å²) in [5.74, 6) is 0.600. The highest BCUT2D eigenvalue weighted by molar-refractivity contribution is 7.15. The van der Waals surface area contributed by atoms with Crippen LogP contribution in [0.25, 0.3) is 0 Å². The third kappa shape index (κ3) is 4.40. The molecule has 1 fully saturated rings. The van der Waals surface area contributed by atoms with E-state index in [4.69, 9.17) is 9.72 Å². The molecule has 1 aliphatic heterocycles. The van der Waals surface area contributed by atoms with Crippen LogP contribution in [0.5, 0.6) is 0 Å². The summed E-state index contributed by atoms with van der Waals surface area (Å²) in [6.07, 6.45) is 4.71. The van der Waals surface area contributed by atoms with E-state index in [1.807, 2.05) is 0 Å². The molecule has 152 valence electrons. The highest BCUT2D eigenvalue weighted by atomic mass is 35.5. The second-order valence-electron chi connectivity index (χ2n) is 7.66. The predicted octanol–water partition coefficient (Wildman–Crippen LogP) is 3.79. The fourth-order valence-electron chi connectivity index (χ4n) is 4.29. The molecule has 1 unspecified atom stereocenters. The summed E-state index contributed by atoms with van der Waals surface area (Å²) in [5.41, 5.74) is 2.11. The molecule has 1 atom stereocenters. The zero-order chi connectivity index (χ0) is 18.7. The number of rotatable bonds is 5. The van der Waals surface area contributed by atoms with Crippen LogP contribution >= 0.6 is 23.7 Å². The van der Waals surface area contributed by atoms with E-state index in [0.717, 1.165) is 56.0 Å².